The lowest BCUT2D eigenvalue weighted by Gasteiger charge is -2.18. The van der Waals surface area contributed by atoms with Gasteiger partial charge in [0, 0.05) is 25.0 Å². The molecule has 1 aromatic rings. The number of allylic oxidation sites excluding steroid dienone is 1. The van der Waals surface area contributed by atoms with E-state index in [1.165, 1.54) is 0 Å². The van der Waals surface area contributed by atoms with Crippen LogP contribution in [-0.4, -0.2) is 44.9 Å². The minimum absolute atomic E-state index is 0.0296. The van der Waals surface area contributed by atoms with E-state index in [1.54, 1.807) is 25.9 Å². The fraction of sp³-hybridized carbons (Fsp3) is 0.524. The number of nitrogens with one attached hydrogen (secondary N) is 2. The van der Waals surface area contributed by atoms with Crippen molar-refractivity contribution in [3.63, 3.8) is 0 Å². The number of ether oxygens (including phenoxy) is 2. The maximum atomic E-state index is 12.5. The molecule has 2 N–H and O–H groups in total. The van der Waals surface area contributed by atoms with Crippen LogP contribution in [0.4, 0.5) is 0 Å². The molecule has 0 spiro atoms. The minimum Gasteiger partial charge on any atom is -0.499 e. The Morgan fingerprint density at radius 1 is 1.25 bits per heavy atom. The molecule has 0 heterocycles. The highest BCUT2D eigenvalue weighted by molar-refractivity contribution is 7.98. The molecule has 0 aliphatic carbocycles. The molecule has 0 saturated heterocycles. The molecule has 156 valence electrons. The van der Waals surface area contributed by atoms with Crippen molar-refractivity contribution in [2.75, 3.05) is 33.1 Å². The summed E-state index contributed by atoms with van der Waals surface area (Å²) < 4.78 is 10.8. The molecule has 0 radical (unpaired) electrons. The van der Waals surface area contributed by atoms with Crippen LogP contribution in [0.15, 0.2) is 36.6 Å². The van der Waals surface area contributed by atoms with Crippen molar-refractivity contribution < 1.29 is 19.1 Å². The van der Waals surface area contributed by atoms with E-state index in [9.17, 15) is 9.59 Å². The molecule has 0 saturated carbocycles. The highest BCUT2D eigenvalue weighted by Crippen LogP contribution is 2.22. The third kappa shape index (κ3) is 9.69. The van der Waals surface area contributed by atoms with E-state index in [4.69, 9.17) is 9.47 Å². The molecular weight excluding hydrogens is 376 g/mol. The number of carbonyl (C=O) groups is 2. The van der Waals surface area contributed by atoms with Gasteiger partial charge in [-0.15, -0.1) is 0 Å². The fourth-order valence-corrected chi connectivity index (χ4v) is 3.46. The zero-order valence-corrected chi connectivity index (χ0v) is 17.9. The van der Waals surface area contributed by atoms with Gasteiger partial charge in [0.25, 0.3) is 0 Å². The molecule has 1 aromatic carbocycles. The second-order valence-corrected chi connectivity index (χ2v) is 7.43. The van der Waals surface area contributed by atoms with Gasteiger partial charge in [0.1, 0.15) is 5.75 Å². The molecule has 1 rings (SSSR count). The van der Waals surface area contributed by atoms with Crippen molar-refractivity contribution in [2.24, 2.45) is 5.92 Å². The van der Waals surface area contributed by atoms with Crippen LogP contribution in [-0.2, 0) is 20.1 Å². The smallest absolute Gasteiger partial charge is 0.239 e. The Morgan fingerprint density at radius 2 is 1.96 bits per heavy atom. The fourth-order valence-electron chi connectivity index (χ4n) is 2.36. The summed E-state index contributed by atoms with van der Waals surface area (Å²) in [6.45, 7) is 6.62. The van der Waals surface area contributed by atoms with Gasteiger partial charge in [-0.1, -0.05) is 32.1 Å². The number of carbonyl (C=O) groups excluding carboxylic acids is 2. The number of amides is 2. The summed E-state index contributed by atoms with van der Waals surface area (Å²) in [6.07, 6.45) is 2.44. The van der Waals surface area contributed by atoms with Gasteiger partial charge in [0.15, 0.2) is 0 Å². The van der Waals surface area contributed by atoms with Crippen LogP contribution in [0.3, 0.4) is 0 Å². The number of hydrogen-bond donors (Lipinski definition) is 2. The van der Waals surface area contributed by atoms with Gasteiger partial charge in [-0.3, -0.25) is 9.59 Å². The molecule has 0 aliphatic heterocycles. The lowest BCUT2D eigenvalue weighted by atomic mass is 10.1. The van der Waals surface area contributed by atoms with Gasteiger partial charge in [-0.25, -0.2) is 0 Å². The number of thioether (sulfide) groups is 1. The summed E-state index contributed by atoms with van der Waals surface area (Å²) in [5, 5.41) is 5.19. The quantitative estimate of drug-likeness (QED) is 0.365. The molecule has 0 bridgehead atoms. The van der Waals surface area contributed by atoms with Crippen molar-refractivity contribution in [3.05, 3.63) is 42.2 Å². The molecule has 7 heteroatoms. The largest absolute Gasteiger partial charge is 0.499 e. The van der Waals surface area contributed by atoms with Crippen LogP contribution < -0.4 is 15.4 Å². The van der Waals surface area contributed by atoms with Gasteiger partial charge >= 0.3 is 0 Å². The lowest BCUT2D eigenvalue weighted by molar-refractivity contribution is -0.128. The lowest BCUT2D eigenvalue weighted by Crippen LogP contribution is -2.39. The first-order valence-corrected chi connectivity index (χ1v) is 10.6. The predicted octanol–water partition coefficient (Wildman–Crippen LogP) is 3.13. The van der Waals surface area contributed by atoms with Crippen LogP contribution in [0, 0.1) is 5.92 Å². The van der Waals surface area contributed by atoms with Crippen LogP contribution >= 0.6 is 11.8 Å². The topological polar surface area (TPSA) is 76.7 Å². The van der Waals surface area contributed by atoms with E-state index >= 15 is 0 Å². The normalized spacial score (nSPS) is 11.4. The molecule has 28 heavy (non-hydrogen) atoms. The van der Waals surface area contributed by atoms with Crippen molar-refractivity contribution in [1.82, 2.24) is 10.6 Å². The Labute approximate surface area is 172 Å². The van der Waals surface area contributed by atoms with Crippen LogP contribution in [0.25, 0.3) is 0 Å². The summed E-state index contributed by atoms with van der Waals surface area (Å²) in [4.78, 5) is 23.9. The number of benzene rings is 1. The second kappa shape index (κ2) is 13.9. The Hall–Kier alpha value is -2.15. The Kier molecular flexibility index (Phi) is 11.9. The van der Waals surface area contributed by atoms with E-state index in [-0.39, 0.29) is 24.3 Å². The van der Waals surface area contributed by atoms with E-state index in [1.807, 2.05) is 24.3 Å². The minimum atomic E-state index is -0.304. The molecule has 6 nitrogen and oxygen atoms in total. The van der Waals surface area contributed by atoms with Crippen molar-refractivity contribution in [2.45, 2.75) is 31.9 Å². The highest BCUT2D eigenvalue weighted by Gasteiger charge is 2.21. The number of unbranched alkanes of at least 4 members (excludes halogenated alkanes) is 1. The van der Waals surface area contributed by atoms with Crippen LogP contribution in [0.1, 0.15) is 31.7 Å². The van der Waals surface area contributed by atoms with Crippen LogP contribution in [0.5, 0.6) is 5.75 Å². The number of methoxy groups -OCH3 is 1. The van der Waals surface area contributed by atoms with E-state index in [0.717, 1.165) is 29.9 Å². The molecule has 2 amide bonds. The third-order valence-electron chi connectivity index (χ3n) is 4.10. The Bertz CT molecular complexity index is 619. The molecular formula is C21H32N2O4S. The highest BCUT2D eigenvalue weighted by atomic mass is 32.2. The third-order valence-corrected chi connectivity index (χ3v) is 5.27. The maximum Gasteiger partial charge on any atom is 0.239 e. The van der Waals surface area contributed by atoms with Crippen LogP contribution in [0.2, 0.25) is 0 Å². The molecule has 0 unspecified atom stereocenters. The molecule has 0 fully saturated rings. The van der Waals surface area contributed by atoms with Gasteiger partial charge in [0.2, 0.25) is 11.8 Å². The molecule has 1 atom stereocenters. The van der Waals surface area contributed by atoms with Gasteiger partial charge in [-0.2, -0.15) is 11.8 Å². The van der Waals surface area contributed by atoms with E-state index in [0.29, 0.717) is 24.5 Å². The summed E-state index contributed by atoms with van der Waals surface area (Å²) in [7, 11) is 3.18. The molecule has 0 aliphatic rings. The monoisotopic (exact) mass is 408 g/mol. The first-order chi connectivity index (χ1) is 13.5. The van der Waals surface area contributed by atoms with Gasteiger partial charge < -0.3 is 20.1 Å². The molecule has 0 aromatic heterocycles. The average molecular weight is 409 g/mol. The number of likely N-dealkylation sites (N-methyl/N-ethyl adjacent to an activating group) is 1. The standard InChI is InChI=1S/C21H32N2O4S/c1-5-6-11-27-16(2)12-18(21(25)23-13-20(24)22-3)15-28-14-17-7-9-19(26-4)10-8-17/h7-10,18H,2,5-6,11-15H2,1,3-4H3,(H,22,24)(H,23,25)/t18-/m0/s1. The average Bonchev–Trinajstić information content (AvgIpc) is 2.71. The Balaban J connectivity index is 2.57. The zero-order chi connectivity index (χ0) is 20.8. The summed E-state index contributed by atoms with van der Waals surface area (Å²) in [6, 6.07) is 7.87. The summed E-state index contributed by atoms with van der Waals surface area (Å²) in [5.41, 5.74) is 1.16. The first kappa shape index (κ1) is 23.9. The predicted molar refractivity (Wildman–Crippen MR) is 114 cm³/mol. The maximum absolute atomic E-state index is 12.5. The van der Waals surface area contributed by atoms with E-state index < -0.39 is 0 Å². The van der Waals surface area contributed by atoms with Crippen molar-refractivity contribution in [3.8, 4) is 5.75 Å². The van der Waals surface area contributed by atoms with Crippen molar-refractivity contribution >= 4 is 23.6 Å². The summed E-state index contributed by atoms with van der Waals surface area (Å²) in [5.74, 6) is 2.14. The zero-order valence-electron chi connectivity index (χ0n) is 17.1. The van der Waals surface area contributed by atoms with E-state index in [2.05, 4.69) is 24.1 Å². The SMILES string of the molecule is C=C(C[C@@H](CSCc1ccc(OC)cc1)C(=O)NCC(=O)NC)OCCCC. The Morgan fingerprint density at radius 3 is 2.57 bits per heavy atom. The second-order valence-electron chi connectivity index (χ2n) is 6.40. The number of rotatable bonds is 14. The summed E-state index contributed by atoms with van der Waals surface area (Å²) >= 11 is 1.67. The van der Waals surface area contributed by atoms with Gasteiger partial charge in [0.05, 0.1) is 31.9 Å². The van der Waals surface area contributed by atoms with Gasteiger partial charge in [-0.05, 0) is 24.1 Å². The van der Waals surface area contributed by atoms with Crippen molar-refractivity contribution in [1.29, 1.82) is 0 Å². The number of hydrogen-bond acceptors (Lipinski definition) is 5. The first-order valence-electron chi connectivity index (χ1n) is 9.49.